The van der Waals surface area contributed by atoms with Crippen LogP contribution in [0.1, 0.15) is 56.7 Å². The van der Waals surface area contributed by atoms with Gasteiger partial charge in [0.25, 0.3) is 0 Å². The second-order valence-corrected chi connectivity index (χ2v) is 8.18. The molecule has 0 aromatic heterocycles. The molecule has 2 amide bonds. The third-order valence-corrected chi connectivity index (χ3v) is 6.28. The molecule has 0 bridgehead atoms. The molecule has 0 radical (unpaired) electrons. The van der Waals surface area contributed by atoms with Gasteiger partial charge < -0.3 is 24.4 Å². The Morgan fingerprint density at radius 2 is 1.96 bits per heavy atom. The Balaban J connectivity index is 1.69. The predicted octanol–water partition coefficient (Wildman–Crippen LogP) is 3.39. The first-order valence-corrected chi connectivity index (χ1v) is 10.0. The zero-order chi connectivity index (χ0) is 19.0. The topological polar surface area (TPSA) is 60.0 Å². The summed E-state index contributed by atoms with van der Waals surface area (Å²) in [5.74, 6) is 1.65. The molecule has 6 nitrogen and oxygen atoms in total. The van der Waals surface area contributed by atoms with Crippen LogP contribution in [0.15, 0.2) is 12.1 Å². The second kappa shape index (κ2) is 7.23. The van der Waals surface area contributed by atoms with Gasteiger partial charge in [0.05, 0.1) is 18.7 Å². The summed E-state index contributed by atoms with van der Waals surface area (Å²) in [4.78, 5) is 15.0. The zero-order valence-corrected chi connectivity index (χ0v) is 16.5. The van der Waals surface area contributed by atoms with Gasteiger partial charge >= 0.3 is 6.03 Å². The first-order valence-electron chi connectivity index (χ1n) is 10.0. The van der Waals surface area contributed by atoms with Crippen LogP contribution in [0.3, 0.4) is 0 Å². The van der Waals surface area contributed by atoms with Crippen molar-refractivity contribution >= 4 is 6.03 Å². The van der Waals surface area contributed by atoms with Crippen molar-refractivity contribution in [3.63, 3.8) is 0 Å². The number of benzene rings is 1. The van der Waals surface area contributed by atoms with E-state index in [4.69, 9.17) is 14.2 Å². The molecule has 1 aliphatic carbocycles. The summed E-state index contributed by atoms with van der Waals surface area (Å²) >= 11 is 0. The highest BCUT2D eigenvalue weighted by Crippen LogP contribution is 2.51. The fourth-order valence-corrected chi connectivity index (χ4v) is 4.94. The number of methoxy groups -OCH3 is 1. The lowest BCUT2D eigenvalue weighted by Gasteiger charge is -2.46. The van der Waals surface area contributed by atoms with E-state index >= 15 is 0 Å². The summed E-state index contributed by atoms with van der Waals surface area (Å²) < 4.78 is 16.8. The molecule has 6 heteroatoms. The lowest BCUT2D eigenvalue weighted by atomic mass is 9.71. The summed E-state index contributed by atoms with van der Waals surface area (Å²) in [6.07, 6.45) is 4.64. The van der Waals surface area contributed by atoms with Gasteiger partial charge in [-0.3, -0.25) is 0 Å². The minimum absolute atomic E-state index is 0.00297. The Kier molecular flexibility index (Phi) is 4.93. The van der Waals surface area contributed by atoms with Crippen molar-refractivity contribution in [3.8, 4) is 11.5 Å². The summed E-state index contributed by atoms with van der Waals surface area (Å²) in [6, 6.07) is 4.26. The van der Waals surface area contributed by atoms with Crippen LogP contribution in [0.25, 0.3) is 0 Å². The molecule has 27 heavy (non-hydrogen) atoms. The SMILES string of the molecule is COCC(C)NC(=O)N1CC2(CCCC2)c2cc3c(cc2C1C)OCCO3. The number of hydrogen-bond acceptors (Lipinski definition) is 4. The van der Waals surface area contributed by atoms with E-state index < -0.39 is 0 Å². The Morgan fingerprint density at radius 3 is 2.63 bits per heavy atom. The number of hydrogen-bond donors (Lipinski definition) is 1. The Hall–Kier alpha value is -1.95. The maximum atomic E-state index is 13.0. The molecule has 0 saturated heterocycles. The summed E-state index contributed by atoms with van der Waals surface area (Å²) in [5.41, 5.74) is 2.58. The lowest BCUT2D eigenvalue weighted by Crippen LogP contribution is -2.53. The first kappa shape index (κ1) is 18.4. The maximum absolute atomic E-state index is 13.0. The summed E-state index contributed by atoms with van der Waals surface area (Å²) in [7, 11) is 1.65. The first-order chi connectivity index (χ1) is 13.0. The van der Waals surface area contributed by atoms with E-state index in [1.807, 2.05) is 11.8 Å². The number of fused-ring (bicyclic) bond motifs is 3. The van der Waals surface area contributed by atoms with Crippen molar-refractivity contribution in [2.45, 2.75) is 57.0 Å². The molecular formula is C21H30N2O4. The zero-order valence-electron chi connectivity index (χ0n) is 16.5. The van der Waals surface area contributed by atoms with Crippen LogP contribution in [0.5, 0.6) is 11.5 Å². The van der Waals surface area contributed by atoms with Crippen molar-refractivity contribution in [3.05, 3.63) is 23.3 Å². The molecule has 1 N–H and O–H groups in total. The van der Waals surface area contributed by atoms with Crippen molar-refractivity contribution in [1.82, 2.24) is 10.2 Å². The average molecular weight is 374 g/mol. The molecule has 1 saturated carbocycles. The van der Waals surface area contributed by atoms with Crippen LogP contribution in [-0.2, 0) is 10.2 Å². The van der Waals surface area contributed by atoms with Gasteiger partial charge in [-0.15, -0.1) is 0 Å². The van der Waals surface area contributed by atoms with Gasteiger partial charge in [0.1, 0.15) is 13.2 Å². The number of carbonyl (C=O) groups excluding carboxylic acids is 1. The van der Waals surface area contributed by atoms with Crippen LogP contribution in [0.2, 0.25) is 0 Å². The van der Waals surface area contributed by atoms with Crippen LogP contribution in [-0.4, -0.2) is 50.4 Å². The van der Waals surface area contributed by atoms with E-state index in [-0.39, 0.29) is 23.5 Å². The normalized spacial score (nSPS) is 23.8. The minimum Gasteiger partial charge on any atom is -0.486 e. The third kappa shape index (κ3) is 3.24. The van der Waals surface area contributed by atoms with Gasteiger partial charge in [0.15, 0.2) is 11.5 Å². The Labute approximate surface area is 161 Å². The van der Waals surface area contributed by atoms with Crippen molar-refractivity contribution in [2.24, 2.45) is 0 Å². The number of nitrogens with one attached hydrogen (secondary N) is 1. The number of urea groups is 1. The van der Waals surface area contributed by atoms with E-state index in [1.165, 1.54) is 24.0 Å². The standard InChI is InChI=1S/C21H30N2O4/c1-14(12-25-3)22-20(24)23-13-21(6-4-5-7-21)17-11-19-18(26-8-9-27-19)10-16(17)15(23)2/h10-11,14-15H,4-9,12-13H2,1-3H3,(H,22,24). The van der Waals surface area contributed by atoms with E-state index in [0.717, 1.165) is 30.9 Å². The molecule has 148 valence electrons. The molecule has 2 atom stereocenters. The minimum atomic E-state index is -0.0177. The molecule has 2 aliphatic heterocycles. The highest BCUT2D eigenvalue weighted by atomic mass is 16.6. The van der Waals surface area contributed by atoms with Gasteiger partial charge in [-0.25, -0.2) is 4.79 Å². The van der Waals surface area contributed by atoms with Gasteiger partial charge in [-0.05, 0) is 49.9 Å². The molecule has 1 spiro atoms. The van der Waals surface area contributed by atoms with Gasteiger partial charge in [-0.2, -0.15) is 0 Å². The average Bonchev–Trinajstić information content (AvgIpc) is 3.13. The van der Waals surface area contributed by atoms with Crippen molar-refractivity contribution < 1.29 is 19.0 Å². The lowest BCUT2D eigenvalue weighted by molar-refractivity contribution is 0.128. The predicted molar refractivity (Wildman–Crippen MR) is 103 cm³/mol. The molecule has 1 aromatic rings. The van der Waals surface area contributed by atoms with Gasteiger partial charge in [0, 0.05) is 19.1 Å². The van der Waals surface area contributed by atoms with Crippen molar-refractivity contribution in [1.29, 1.82) is 0 Å². The molecule has 1 fully saturated rings. The Morgan fingerprint density at radius 1 is 1.30 bits per heavy atom. The third-order valence-electron chi connectivity index (χ3n) is 6.28. The van der Waals surface area contributed by atoms with Crippen molar-refractivity contribution in [2.75, 3.05) is 33.5 Å². The van der Waals surface area contributed by atoms with Crippen LogP contribution < -0.4 is 14.8 Å². The monoisotopic (exact) mass is 374 g/mol. The van der Waals surface area contributed by atoms with E-state index in [2.05, 4.69) is 24.4 Å². The van der Waals surface area contributed by atoms with Crippen LogP contribution in [0, 0.1) is 0 Å². The summed E-state index contributed by atoms with van der Waals surface area (Å²) in [5, 5.41) is 3.09. The highest BCUT2D eigenvalue weighted by molar-refractivity contribution is 5.76. The quantitative estimate of drug-likeness (QED) is 0.881. The second-order valence-electron chi connectivity index (χ2n) is 8.18. The van der Waals surface area contributed by atoms with Crippen LogP contribution >= 0.6 is 0 Å². The number of amides is 2. The largest absolute Gasteiger partial charge is 0.486 e. The van der Waals surface area contributed by atoms with Gasteiger partial charge in [0.2, 0.25) is 0 Å². The molecule has 2 heterocycles. The van der Waals surface area contributed by atoms with Gasteiger partial charge in [-0.1, -0.05) is 12.8 Å². The maximum Gasteiger partial charge on any atom is 0.318 e. The fourth-order valence-electron chi connectivity index (χ4n) is 4.94. The molecule has 1 aromatic carbocycles. The summed E-state index contributed by atoms with van der Waals surface area (Å²) in [6.45, 7) is 6.51. The van der Waals surface area contributed by atoms with E-state index in [0.29, 0.717) is 19.8 Å². The smallest absolute Gasteiger partial charge is 0.318 e. The molecule has 4 rings (SSSR count). The van der Waals surface area contributed by atoms with E-state index in [1.54, 1.807) is 7.11 Å². The molecule has 2 unspecified atom stereocenters. The number of nitrogens with zero attached hydrogens (tertiary/aromatic N) is 1. The molecule has 3 aliphatic rings. The number of carbonyl (C=O) groups is 1. The highest BCUT2D eigenvalue weighted by Gasteiger charge is 2.46. The Bertz CT molecular complexity index is 714. The van der Waals surface area contributed by atoms with E-state index in [9.17, 15) is 4.79 Å². The number of ether oxygens (including phenoxy) is 3. The van der Waals surface area contributed by atoms with Crippen LogP contribution in [0.4, 0.5) is 4.79 Å². The molecular weight excluding hydrogens is 344 g/mol. The fraction of sp³-hybridized carbons (Fsp3) is 0.667. The number of rotatable bonds is 3.